The van der Waals surface area contributed by atoms with E-state index in [1.807, 2.05) is 39.0 Å². The number of hydrogen-bond acceptors (Lipinski definition) is 4. The molecule has 0 aromatic heterocycles. The lowest BCUT2D eigenvalue weighted by atomic mass is 9.98. The monoisotopic (exact) mass is 390 g/mol. The predicted octanol–water partition coefficient (Wildman–Crippen LogP) is 3.53. The zero-order chi connectivity index (χ0) is 20.2. The van der Waals surface area contributed by atoms with E-state index in [1.165, 1.54) is 7.11 Å². The number of anilines is 2. The molecule has 2 rings (SSSR count). The van der Waals surface area contributed by atoms with E-state index in [-0.39, 0.29) is 12.5 Å². The van der Waals surface area contributed by atoms with Crippen LogP contribution in [0.5, 0.6) is 5.75 Å². The number of carbonyl (C=O) groups excluding carboxylic acids is 1. The summed E-state index contributed by atoms with van der Waals surface area (Å²) in [6.07, 6.45) is 1.08. The minimum atomic E-state index is -3.63. The number of nitrogens with zero attached hydrogens (tertiary/aromatic N) is 1. The third-order valence-electron chi connectivity index (χ3n) is 4.24. The Kier molecular flexibility index (Phi) is 6.49. The fraction of sp³-hybridized carbons (Fsp3) is 0.350. The average molecular weight is 391 g/mol. The van der Waals surface area contributed by atoms with Crippen molar-refractivity contribution in [1.29, 1.82) is 0 Å². The normalized spacial score (nSPS) is 11.3. The standard InChI is InChI=1S/C20H26N2O4S/c1-14(2)18-8-6-7-15(3)20(18)21-19(23)13-22(27(5,24)25)16-9-11-17(26-4)12-10-16/h6-12,14H,13H2,1-5H3,(H,21,23). The van der Waals surface area contributed by atoms with Crippen LogP contribution in [0.2, 0.25) is 0 Å². The fourth-order valence-corrected chi connectivity index (χ4v) is 3.66. The number of ether oxygens (including phenoxy) is 1. The molecule has 6 nitrogen and oxygen atoms in total. The van der Waals surface area contributed by atoms with Crippen molar-refractivity contribution in [2.24, 2.45) is 0 Å². The number of rotatable bonds is 7. The summed E-state index contributed by atoms with van der Waals surface area (Å²) in [5, 5.41) is 2.89. The Morgan fingerprint density at radius 3 is 2.30 bits per heavy atom. The fourth-order valence-electron chi connectivity index (χ4n) is 2.80. The molecule has 0 heterocycles. The maximum atomic E-state index is 12.7. The van der Waals surface area contributed by atoms with Crippen molar-refractivity contribution in [3.8, 4) is 5.75 Å². The van der Waals surface area contributed by atoms with Gasteiger partial charge in [-0.2, -0.15) is 0 Å². The molecule has 0 saturated heterocycles. The zero-order valence-corrected chi connectivity index (χ0v) is 17.1. The van der Waals surface area contributed by atoms with Gasteiger partial charge in [0.1, 0.15) is 12.3 Å². The van der Waals surface area contributed by atoms with Crippen LogP contribution in [0.1, 0.15) is 30.9 Å². The van der Waals surface area contributed by atoms with Gasteiger partial charge >= 0.3 is 0 Å². The number of sulfonamides is 1. The Balaban J connectivity index is 2.28. The van der Waals surface area contributed by atoms with Crippen LogP contribution in [0.4, 0.5) is 11.4 Å². The van der Waals surface area contributed by atoms with E-state index in [4.69, 9.17) is 4.74 Å². The maximum absolute atomic E-state index is 12.7. The predicted molar refractivity (Wildman–Crippen MR) is 109 cm³/mol. The molecular weight excluding hydrogens is 364 g/mol. The zero-order valence-electron chi connectivity index (χ0n) is 16.3. The molecule has 0 bridgehead atoms. The topological polar surface area (TPSA) is 75.7 Å². The number of amides is 1. The Morgan fingerprint density at radius 1 is 1.15 bits per heavy atom. The first-order chi connectivity index (χ1) is 12.6. The van der Waals surface area contributed by atoms with Crippen LogP contribution >= 0.6 is 0 Å². The van der Waals surface area contributed by atoms with E-state index in [2.05, 4.69) is 5.32 Å². The number of benzene rings is 2. The van der Waals surface area contributed by atoms with E-state index in [9.17, 15) is 13.2 Å². The second-order valence-corrected chi connectivity index (χ2v) is 8.62. The lowest BCUT2D eigenvalue weighted by Crippen LogP contribution is -2.37. The van der Waals surface area contributed by atoms with Crippen molar-refractivity contribution in [1.82, 2.24) is 0 Å². The minimum Gasteiger partial charge on any atom is -0.497 e. The van der Waals surface area contributed by atoms with Gasteiger partial charge < -0.3 is 10.1 Å². The van der Waals surface area contributed by atoms with Crippen molar-refractivity contribution in [2.75, 3.05) is 29.5 Å². The van der Waals surface area contributed by atoms with E-state index in [0.29, 0.717) is 11.4 Å². The molecule has 0 aliphatic heterocycles. The van der Waals surface area contributed by atoms with E-state index in [1.54, 1.807) is 24.3 Å². The number of hydrogen-bond donors (Lipinski definition) is 1. The Labute approximate surface area is 161 Å². The molecule has 0 saturated carbocycles. The summed E-state index contributed by atoms with van der Waals surface area (Å²) in [5.74, 6) is 0.443. The summed E-state index contributed by atoms with van der Waals surface area (Å²) >= 11 is 0. The highest BCUT2D eigenvalue weighted by Crippen LogP contribution is 2.28. The third-order valence-corrected chi connectivity index (χ3v) is 5.38. The summed E-state index contributed by atoms with van der Waals surface area (Å²) in [6.45, 7) is 5.70. The lowest BCUT2D eigenvalue weighted by Gasteiger charge is -2.23. The summed E-state index contributed by atoms with van der Waals surface area (Å²) in [6, 6.07) is 12.4. The summed E-state index contributed by atoms with van der Waals surface area (Å²) in [7, 11) is -2.10. The molecule has 27 heavy (non-hydrogen) atoms. The number of carbonyl (C=O) groups is 1. The Morgan fingerprint density at radius 2 is 1.78 bits per heavy atom. The van der Waals surface area contributed by atoms with Gasteiger partial charge in [0.2, 0.25) is 15.9 Å². The van der Waals surface area contributed by atoms with Crippen molar-refractivity contribution >= 4 is 27.3 Å². The largest absolute Gasteiger partial charge is 0.497 e. The first-order valence-electron chi connectivity index (χ1n) is 8.64. The molecule has 2 aromatic carbocycles. The van der Waals surface area contributed by atoms with Crippen molar-refractivity contribution < 1.29 is 17.9 Å². The van der Waals surface area contributed by atoms with Crippen LogP contribution in [-0.4, -0.2) is 34.2 Å². The van der Waals surface area contributed by atoms with Gasteiger partial charge in [-0.05, 0) is 48.2 Å². The number of methoxy groups -OCH3 is 1. The number of para-hydroxylation sites is 1. The molecule has 2 aromatic rings. The molecule has 0 aliphatic carbocycles. The molecule has 0 unspecified atom stereocenters. The van der Waals surface area contributed by atoms with Gasteiger partial charge in [0.05, 0.1) is 19.1 Å². The summed E-state index contributed by atoms with van der Waals surface area (Å²) in [5.41, 5.74) is 3.09. The highest BCUT2D eigenvalue weighted by atomic mass is 32.2. The smallest absolute Gasteiger partial charge is 0.245 e. The second-order valence-electron chi connectivity index (χ2n) is 6.71. The second kappa shape index (κ2) is 8.43. The molecular formula is C20H26N2O4S. The number of nitrogens with one attached hydrogen (secondary N) is 1. The van der Waals surface area contributed by atoms with Crippen LogP contribution in [0.3, 0.4) is 0 Å². The molecule has 1 amide bonds. The SMILES string of the molecule is COc1ccc(N(CC(=O)Nc2c(C)cccc2C(C)C)S(C)(=O)=O)cc1. The molecule has 0 radical (unpaired) electrons. The van der Waals surface area contributed by atoms with Crippen molar-refractivity contribution in [3.63, 3.8) is 0 Å². The van der Waals surface area contributed by atoms with Crippen LogP contribution in [0.25, 0.3) is 0 Å². The van der Waals surface area contributed by atoms with E-state index < -0.39 is 15.9 Å². The first kappa shape index (κ1) is 20.8. The number of aryl methyl sites for hydroxylation is 1. The highest BCUT2D eigenvalue weighted by molar-refractivity contribution is 7.92. The third kappa shape index (κ3) is 5.23. The van der Waals surface area contributed by atoms with Crippen molar-refractivity contribution in [2.45, 2.75) is 26.7 Å². The van der Waals surface area contributed by atoms with Crippen LogP contribution in [0, 0.1) is 6.92 Å². The van der Waals surface area contributed by atoms with Gasteiger partial charge in [0.15, 0.2) is 0 Å². The molecule has 0 atom stereocenters. The van der Waals surface area contributed by atoms with E-state index in [0.717, 1.165) is 27.4 Å². The van der Waals surface area contributed by atoms with Crippen molar-refractivity contribution in [3.05, 3.63) is 53.6 Å². The molecule has 0 aliphatic rings. The van der Waals surface area contributed by atoms with Gasteiger partial charge in [-0.15, -0.1) is 0 Å². The molecule has 146 valence electrons. The highest BCUT2D eigenvalue weighted by Gasteiger charge is 2.22. The molecule has 0 fully saturated rings. The van der Waals surface area contributed by atoms with Gasteiger partial charge in [0, 0.05) is 5.69 Å². The molecule has 0 spiro atoms. The van der Waals surface area contributed by atoms with Crippen LogP contribution in [0.15, 0.2) is 42.5 Å². The average Bonchev–Trinajstić information content (AvgIpc) is 2.60. The van der Waals surface area contributed by atoms with E-state index >= 15 is 0 Å². The van der Waals surface area contributed by atoms with Crippen LogP contribution < -0.4 is 14.4 Å². The first-order valence-corrected chi connectivity index (χ1v) is 10.5. The summed E-state index contributed by atoms with van der Waals surface area (Å²) < 4.78 is 30.6. The Hall–Kier alpha value is -2.54. The van der Waals surface area contributed by atoms with Gasteiger partial charge in [-0.25, -0.2) is 8.42 Å². The molecule has 1 N–H and O–H groups in total. The minimum absolute atomic E-state index is 0.229. The van der Waals surface area contributed by atoms with Gasteiger partial charge in [0.25, 0.3) is 0 Å². The maximum Gasteiger partial charge on any atom is 0.245 e. The van der Waals surface area contributed by atoms with Gasteiger partial charge in [-0.3, -0.25) is 9.10 Å². The quantitative estimate of drug-likeness (QED) is 0.785. The lowest BCUT2D eigenvalue weighted by molar-refractivity contribution is -0.114. The summed E-state index contributed by atoms with van der Waals surface area (Å²) in [4.78, 5) is 12.7. The van der Waals surface area contributed by atoms with Crippen LogP contribution in [-0.2, 0) is 14.8 Å². The Bertz CT molecular complexity index is 906. The molecule has 7 heteroatoms. The van der Waals surface area contributed by atoms with Gasteiger partial charge in [-0.1, -0.05) is 32.0 Å².